The number of aromatic nitrogens is 2. The summed E-state index contributed by atoms with van der Waals surface area (Å²) in [6.45, 7) is 8.44. The van der Waals surface area contributed by atoms with Crippen LogP contribution >= 0.6 is 0 Å². The number of hydrogen-bond donors (Lipinski definition) is 1. The molecular weight excluding hydrogens is 276 g/mol. The van der Waals surface area contributed by atoms with Crippen LogP contribution in [0.15, 0.2) is 4.90 Å². The zero-order valence-electron chi connectivity index (χ0n) is 13.0. The minimum atomic E-state index is -3.51. The molecule has 116 valence electrons. The summed E-state index contributed by atoms with van der Waals surface area (Å²) in [4.78, 5) is 0.316. The van der Waals surface area contributed by atoms with Gasteiger partial charge in [-0.1, -0.05) is 13.3 Å². The molecule has 0 aromatic carbocycles. The lowest BCUT2D eigenvalue weighted by atomic mass is 10.2. The molecule has 0 spiro atoms. The zero-order valence-corrected chi connectivity index (χ0v) is 13.9. The summed E-state index contributed by atoms with van der Waals surface area (Å²) >= 11 is 0. The van der Waals surface area contributed by atoms with Crippen molar-refractivity contribution in [3.63, 3.8) is 0 Å². The summed E-state index contributed by atoms with van der Waals surface area (Å²) < 4.78 is 28.6. The second-order valence-corrected chi connectivity index (χ2v) is 7.11. The first-order valence-electron chi connectivity index (χ1n) is 6.99. The van der Waals surface area contributed by atoms with Crippen LogP contribution < -0.4 is 5.73 Å². The van der Waals surface area contributed by atoms with Gasteiger partial charge < -0.3 is 5.73 Å². The maximum Gasteiger partial charge on any atom is 0.246 e. The summed E-state index contributed by atoms with van der Waals surface area (Å²) in [7, 11) is -1.88. The Kier molecular flexibility index (Phi) is 5.73. The van der Waals surface area contributed by atoms with Gasteiger partial charge in [0.25, 0.3) is 0 Å². The van der Waals surface area contributed by atoms with Crippen molar-refractivity contribution in [2.75, 3.05) is 13.6 Å². The van der Waals surface area contributed by atoms with Crippen molar-refractivity contribution in [1.82, 2.24) is 14.1 Å². The number of sulfonamides is 1. The van der Waals surface area contributed by atoms with Crippen LogP contribution in [0.4, 0.5) is 0 Å². The van der Waals surface area contributed by atoms with Gasteiger partial charge in [0.05, 0.1) is 17.9 Å². The lowest BCUT2D eigenvalue weighted by molar-refractivity contribution is 0.368. The molecule has 0 amide bonds. The van der Waals surface area contributed by atoms with Crippen LogP contribution in [0.5, 0.6) is 0 Å². The lowest BCUT2D eigenvalue weighted by Crippen LogP contribution is -2.35. The third-order valence-corrected chi connectivity index (χ3v) is 5.85. The average Bonchev–Trinajstić information content (AvgIpc) is 2.64. The number of rotatable bonds is 7. The van der Waals surface area contributed by atoms with Crippen molar-refractivity contribution in [1.29, 1.82) is 0 Å². The lowest BCUT2D eigenvalue weighted by Gasteiger charge is -2.24. The smallest absolute Gasteiger partial charge is 0.246 e. The minimum Gasteiger partial charge on any atom is -0.329 e. The monoisotopic (exact) mass is 302 g/mol. The van der Waals surface area contributed by atoms with E-state index in [0.717, 1.165) is 12.8 Å². The van der Waals surface area contributed by atoms with E-state index in [4.69, 9.17) is 5.73 Å². The molecule has 6 nitrogen and oxygen atoms in total. The van der Waals surface area contributed by atoms with Gasteiger partial charge in [-0.2, -0.15) is 9.40 Å². The van der Waals surface area contributed by atoms with Gasteiger partial charge in [0, 0.05) is 19.6 Å². The summed E-state index contributed by atoms with van der Waals surface area (Å²) in [5.74, 6) is 0. The van der Waals surface area contributed by atoms with Gasteiger partial charge in [0.15, 0.2) is 0 Å². The van der Waals surface area contributed by atoms with E-state index in [-0.39, 0.29) is 6.04 Å². The highest BCUT2D eigenvalue weighted by molar-refractivity contribution is 7.89. The Morgan fingerprint density at radius 3 is 2.50 bits per heavy atom. The molecule has 1 unspecified atom stereocenters. The highest BCUT2D eigenvalue weighted by atomic mass is 32.2. The molecule has 0 bridgehead atoms. The Morgan fingerprint density at radius 2 is 2.00 bits per heavy atom. The van der Waals surface area contributed by atoms with E-state index in [2.05, 4.69) is 5.10 Å². The van der Waals surface area contributed by atoms with Crippen LogP contribution in [0, 0.1) is 13.8 Å². The Labute approximate surface area is 122 Å². The Hall–Kier alpha value is -0.920. The molecule has 20 heavy (non-hydrogen) atoms. The third kappa shape index (κ3) is 3.21. The van der Waals surface area contributed by atoms with Gasteiger partial charge in [0.1, 0.15) is 4.90 Å². The molecule has 1 aromatic heterocycles. The van der Waals surface area contributed by atoms with Crippen LogP contribution in [0.3, 0.4) is 0 Å². The predicted molar refractivity (Wildman–Crippen MR) is 80.1 cm³/mol. The zero-order chi connectivity index (χ0) is 15.5. The quantitative estimate of drug-likeness (QED) is 0.822. The van der Waals surface area contributed by atoms with Crippen molar-refractivity contribution in [3.8, 4) is 0 Å². The van der Waals surface area contributed by atoms with Crippen molar-refractivity contribution < 1.29 is 8.42 Å². The summed E-state index contributed by atoms with van der Waals surface area (Å²) in [6.07, 6.45) is 1.79. The highest BCUT2D eigenvalue weighted by Crippen LogP contribution is 2.24. The van der Waals surface area contributed by atoms with E-state index in [1.54, 1.807) is 25.6 Å². The Balaban J connectivity index is 3.22. The highest BCUT2D eigenvalue weighted by Gasteiger charge is 2.30. The molecular formula is C13H26N4O2S. The maximum absolute atomic E-state index is 12.7. The Morgan fingerprint density at radius 1 is 1.40 bits per heavy atom. The maximum atomic E-state index is 12.7. The van der Waals surface area contributed by atoms with Crippen LogP contribution in [0.2, 0.25) is 0 Å². The molecule has 0 aliphatic rings. The molecule has 0 fully saturated rings. The summed E-state index contributed by atoms with van der Waals surface area (Å²) in [5.41, 5.74) is 6.71. The van der Waals surface area contributed by atoms with Crippen LogP contribution in [0.1, 0.15) is 38.1 Å². The van der Waals surface area contributed by atoms with Gasteiger partial charge >= 0.3 is 0 Å². The van der Waals surface area contributed by atoms with Crippen LogP contribution in [-0.4, -0.2) is 42.1 Å². The molecule has 0 saturated carbocycles. The number of nitrogens with two attached hydrogens (primary N) is 1. The van der Waals surface area contributed by atoms with Gasteiger partial charge in [-0.25, -0.2) is 8.42 Å². The number of aryl methyl sites for hydroxylation is 1. The van der Waals surface area contributed by atoms with E-state index in [1.807, 2.05) is 13.8 Å². The first-order valence-corrected chi connectivity index (χ1v) is 8.43. The molecule has 0 aliphatic heterocycles. The van der Waals surface area contributed by atoms with Crippen LogP contribution in [0.25, 0.3) is 0 Å². The van der Waals surface area contributed by atoms with E-state index in [9.17, 15) is 8.42 Å². The third-order valence-electron chi connectivity index (χ3n) is 3.62. The van der Waals surface area contributed by atoms with E-state index in [0.29, 0.717) is 29.4 Å². The first-order chi connectivity index (χ1) is 9.27. The van der Waals surface area contributed by atoms with Crippen molar-refractivity contribution in [2.24, 2.45) is 5.73 Å². The second-order valence-electron chi connectivity index (χ2n) is 5.17. The summed E-state index contributed by atoms with van der Waals surface area (Å²) in [5, 5.41) is 4.28. The summed E-state index contributed by atoms with van der Waals surface area (Å²) in [6, 6.07) is -0.0262. The van der Waals surface area contributed by atoms with Crippen molar-refractivity contribution >= 4 is 10.0 Å². The molecule has 7 heteroatoms. The van der Waals surface area contributed by atoms with Crippen LogP contribution in [-0.2, 0) is 16.6 Å². The SMILES string of the molecule is CCCC(C)N(C)S(=O)(=O)c1c(C)nn(CCN)c1C. The fourth-order valence-corrected chi connectivity index (χ4v) is 4.13. The first kappa shape index (κ1) is 17.1. The van der Waals surface area contributed by atoms with Crippen molar-refractivity contribution in [2.45, 2.75) is 58.0 Å². The van der Waals surface area contributed by atoms with Gasteiger partial charge in [-0.3, -0.25) is 4.68 Å². The molecule has 1 aromatic rings. The largest absolute Gasteiger partial charge is 0.329 e. The van der Waals surface area contributed by atoms with Gasteiger partial charge in [-0.15, -0.1) is 0 Å². The molecule has 0 aliphatic carbocycles. The molecule has 0 radical (unpaired) electrons. The van der Waals surface area contributed by atoms with Crippen molar-refractivity contribution in [3.05, 3.63) is 11.4 Å². The molecule has 2 N–H and O–H groups in total. The number of nitrogens with zero attached hydrogens (tertiary/aromatic N) is 3. The van der Waals surface area contributed by atoms with E-state index in [1.165, 1.54) is 4.31 Å². The fraction of sp³-hybridized carbons (Fsp3) is 0.769. The Bertz CT molecular complexity index is 551. The standard InChI is InChI=1S/C13H26N4O2S/c1-6-7-10(2)16(5)20(18,19)13-11(3)15-17(9-8-14)12(13)4/h10H,6-9,14H2,1-5H3. The van der Waals surface area contributed by atoms with E-state index >= 15 is 0 Å². The van der Waals surface area contributed by atoms with Gasteiger partial charge in [-0.05, 0) is 27.2 Å². The molecule has 0 saturated heterocycles. The topological polar surface area (TPSA) is 81.2 Å². The molecule has 1 heterocycles. The van der Waals surface area contributed by atoms with E-state index < -0.39 is 10.0 Å². The van der Waals surface area contributed by atoms with Gasteiger partial charge in [0.2, 0.25) is 10.0 Å². The average molecular weight is 302 g/mol. The molecule has 1 atom stereocenters. The minimum absolute atomic E-state index is 0.0262. The number of hydrogen-bond acceptors (Lipinski definition) is 4. The second kappa shape index (κ2) is 6.69. The predicted octanol–water partition coefficient (Wildman–Crippen LogP) is 1.27. The normalized spacial score (nSPS) is 13.9. The fourth-order valence-electron chi connectivity index (χ4n) is 2.37. The molecule has 1 rings (SSSR count).